The van der Waals surface area contributed by atoms with Crippen LogP contribution in [0.4, 0.5) is 0 Å². The highest BCUT2D eigenvalue weighted by molar-refractivity contribution is 8.26. The molecule has 0 aliphatic carbocycles. The van der Waals surface area contributed by atoms with Crippen LogP contribution in [0.15, 0.2) is 46.9 Å². The predicted molar refractivity (Wildman–Crippen MR) is 127 cm³/mol. The summed E-state index contributed by atoms with van der Waals surface area (Å²) >= 11 is 6.72. The molecule has 2 fully saturated rings. The molecule has 2 aliphatic rings. The van der Waals surface area contributed by atoms with Crippen LogP contribution in [0.5, 0.6) is 0 Å². The summed E-state index contributed by atoms with van der Waals surface area (Å²) in [5.74, 6) is -0.0903. The summed E-state index contributed by atoms with van der Waals surface area (Å²) in [6.45, 7) is 5.99. The second kappa shape index (κ2) is 10.9. The Hall–Kier alpha value is -2.00. The van der Waals surface area contributed by atoms with Crippen molar-refractivity contribution in [2.45, 2.75) is 19.8 Å². The molecule has 0 aromatic heterocycles. The minimum absolute atomic E-state index is 0.0119. The number of rotatable bonds is 7. The summed E-state index contributed by atoms with van der Waals surface area (Å²) in [5, 5.41) is 1.96. The molecule has 2 saturated heterocycles. The molecule has 1 N–H and O–H groups in total. The van der Waals surface area contributed by atoms with E-state index < -0.39 is 0 Å². The molecular weight excluding hydrogens is 416 g/mol. The number of nitrogens with one attached hydrogen (secondary N) is 1. The average molecular weight is 445 g/mol. The normalized spacial score (nSPS) is 20.3. The van der Waals surface area contributed by atoms with Crippen LogP contribution in [0.2, 0.25) is 0 Å². The molecule has 1 aromatic carbocycles. The standard InChI is InChI=1S/C22H28N4O2S2/c1-17(15-18-7-4-3-5-8-18)16-19-21(28)26(22(29)30-19)10-6-9-20(27)23-25-13-11-24(2)12-14-25/h3-5,7-8,15-16H,6,9-14H2,1-2H3,(H,23,27)/b17-15+,19-16-. The molecule has 2 heterocycles. The van der Waals surface area contributed by atoms with E-state index in [0.29, 0.717) is 28.6 Å². The van der Waals surface area contributed by atoms with Crippen LogP contribution < -0.4 is 5.43 Å². The number of amides is 2. The number of benzene rings is 1. The number of hydrogen-bond donors (Lipinski definition) is 1. The zero-order valence-corrected chi connectivity index (χ0v) is 19.1. The third-order valence-corrected chi connectivity index (χ3v) is 6.38. The van der Waals surface area contributed by atoms with Crippen LogP contribution in [0.3, 0.4) is 0 Å². The van der Waals surface area contributed by atoms with Crippen molar-refractivity contribution < 1.29 is 9.59 Å². The van der Waals surface area contributed by atoms with Crippen LogP contribution in [0.25, 0.3) is 6.08 Å². The number of thioether (sulfide) groups is 1. The van der Waals surface area contributed by atoms with Gasteiger partial charge in [0.05, 0.1) is 4.91 Å². The number of hydrazine groups is 1. The Morgan fingerprint density at radius 1 is 1.20 bits per heavy atom. The summed E-state index contributed by atoms with van der Waals surface area (Å²) in [6.07, 6.45) is 4.87. The summed E-state index contributed by atoms with van der Waals surface area (Å²) in [5.41, 5.74) is 5.04. The van der Waals surface area contributed by atoms with Crippen molar-refractivity contribution in [3.8, 4) is 0 Å². The molecule has 2 amide bonds. The molecule has 0 bridgehead atoms. The van der Waals surface area contributed by atoms with Crippen molar-refractivity contribution in [2.24, 2.45) is 0 Å². The summed E-state index contributed by atoms with van der Waals surface area (Å²) in [6, 6.07) is 9.99. The molecule has 0 spiro atoms. The first kappa shape index (κ1) is 22.7. The van der Waals surface area contributed by atoms with E-state index in [2.05, 4.69) is 17.4 Å². The number of likely N-dealkylation sites (N-methyl/N-ethyl adjacent to an activating group) is 1. The first-order valence-corrected chi connectivity index (χ1v) is 11.4. The Morgan fingerprint density at radius 3 is 2.60 bits per heavy atom. The Kier molecular flexibility index (Phi) is 8.21. The molecule has 2 aliphatic heterocycles. The molecule has 8 heteroatoms. The lowest BCUT2D eigenvalue weighted by Crippen LogP contribution is -2.52. The molecule has 6 nitrogen and oxygen atoms in total. The molecule has 0 saturated carbocycles. The second-order valence-corrected chi connectivity index (χ2v) is 9.24. The number of allylic oxidation sites excluding steroid dienone is 2. The minimum Gasteiger partial charge on any atom is -0.304 e. The van der Waals surface area contributed by atoms with E-state index in [-0.39, 0.29) is 11.8 Å². The molecular formula is C22H28N4O2S2. The van der Waals surface area contributed by atoms with E-state index in [4.69, 9.17) is 12.2 Å². The quantitative estimate of drug-likeness (QED) is 0.516. The van der Waals surface area contributed by atoms with Crippen molar-refractivity contribution >= 4 is 46.2 Å². The maximum atomic E-state index is 12.7. The first-order valence-electron chi connectivity index (χ1n) is 10.1. The van der Waals surface area contributed by atoms with Crippen LogP contribution in [-0.4, -0.2) is 70.7 Å². The van der Waals surface area contributed by atoms with Gasteiger partial charge < -0.3 is 4.90 Å². The lowest BCUT2D eigenvalue weighted by Gasteiger charge is -2.32. The number of hydrogen-bond acceptors (Lipinski definition) is 6. The van der Waals surface area contributed by atoms with Gasteiger partial charge >= 0.3 is 0 Å². The molecule has 30 heavy (non-hydrogen) atoms. The van der Waals surface area contributed by atoms with E-state index in [1.807, 2.05) is 54.4 Å². The molecule has 3 rings (SSSR count). The lowest BCUT2D eigenvalue weighted by atomic mass is 10.1. The third kappa shape index (κ3) is 6.50. The van der Waals surface area contributed by atoms with Gasteiger partial charge in [0, 0.05) is 39.1 Å². The number of thiocarbonyl (C=S) groups is 1. The van der Waals surface area contributed by atoms with E-state index in [0.717, 1.165) is 37.3 Å². The summed E-state index contributed by atoms with van der Waals surface area (Å²) in [7, 11) is 2.08. The van der Waals surface area contributed by atoms with Crippen molar-refractivity contribution in [1.29, 1.82) is 0 Å². The highest BCUT2D eigenvalue weighted by Gasteiger charge is 2.31. The van der Waals surface area contributed by atoms with Gasteiger partial charge in [0.15, 0.2) is 0 Å². The Balaban J connectivity index is 1.48. The fourth-order valence-corrected chi connectivity index (χ4v) is 4.66. The largest absolute Gasteiger partial charge is 0.304 e. The lowest BCUT2D eigenvalue weighted by molar-refractivity contribution is -0.127. The van der Waals surface area contributed by atoms with Crippen molar-refractivity contribution in [3.05, 3.63) is 52.4 Å². The molecule has 1 aromatic rings. The van der Waals surface area contributed by atoms with Crippen molar-refractivity contribution in [2.75, 3.05) is 39.8 Å². The van der Waals surface area contributed by atoms with Gasteiger partial charge in [-0.3, -0.25) is 19.9 Å². The topological polar surface area (TPSA) is 55.9 Å². The maximum Gasteiger partial charge on any atom is 0.266 e. The number of nitrogens with zero attached hydrogens (tertiary/aromatic N) is 3. The van der Waals surface area contributed by atoms with Crippen LogP contribution >= 0.6 is 24.0 Å². The van der Waals surface area contributed by atoms with E-state index in [9.17, 15) is 9.59 Å². The molecule has 0 unspecified atom stereocenters. The van der Waals surface area contributed by atoms with Crippen LogP contribution in [-0.2, 0) is 9.59 Å². The second-order valence-electron chi connectivity index (χ2n) is 7.56. The summed E-state index contributed by atoms with van der Waals surface area (Å²) in [4.78, 5) is 29.4. The predicted octanol–water partition coefficient (Wildman–Crippen LogP) is 2.89. The van der Waals surface area contributed by atoms with Gasteiger partial charge in [-0.15, -0.1) is 0 Å². The Bertz CT molecular complexity index is 846. The Labute approximate surface area is 187 Å². The maximum absolute atomic E-state index is 12.7. The number of piperazine rings is 1. The van der Waals surface area contributed by atoms with Crippen molar-refractivity contribution in [1.82, 2.24) is 20.2 Å². The van der Waals surface area contributed by atoms with Gasteiger partial charge in [0.2, 0.25) is 5.91 Å². The first-order chi connectivity index (χ1) is 14.4. The molecule has 0 radical (unpaired) electrons. The van der Waals surface area contributed by atoms with Gasteiger partial charge in [-0.25, -0.2) is 5.01 Å². The minimum atomic E-state index is -0.0784. The molecule has 0 atom stereocenters. The van der Waals surface area contributed by atoms with Gasteiger partial charge in [0.1, 0.15) is 4.32 Å². The average Bonchev–Trinajstić information content (AvgIpc) is 2.97. The van der Waals surface area contributed by atoms with E-state index in [1.165, 1.54) is 11.8 Å². The molecule has 160 valence electrons. The third-order valence-electron chi connectivity index (χ3n) is 5.00. The highest BCUT2D eigenvalue weighted by Crippen LogP contribution is 2.32. The zero-order valence-electron chi connectivity index (χ0n) is 17.5. The Morgan fingerprint density at radius 2 is 1.90 bits per heavy atom. The monoisotopic (exact) mass is 444 g/mol. The van der Waals surface area contributed by atoms with Gasteiger partial charge in [-0.1, -0.05) is 60.4 Å². The zero-order chi connectivity index (χ0) is 21.5. The van der Waals surface area contributed by atoms with Gasteiger partial charge in [-0.05, 0) is 37.6 Å². The SMILES string of the molecule is CC(/C=C1\SC(=S)N(CCCC(=O)NN2CCN(C)CC2)C1=O)=C\c1ccccc1. The summed E-state index contributed by atoms with van der Waals surface area (Å²) < 4.78 is 0.554. The smallest absolute Gasteiger partial charge is 0.266 e. The van der Waals surface area contributed by atoms with Gasteiger partial charge in [0.25, 0.3) is 5.91 Å². The van der Waals surface area contributed by atoms with E-state index >= 15 is 0 Å². The van der Waals surface area contributed by atoms with Crippen molar-refractivity contribution in [3.63, 3.8) is 0 Å². The van der Waals surface area contributed by atoms with Crippen LogP contribution in [0, 0.1) is 0 Å². The van der Waals surface area contributed by atoms with Gasteiger partial charge in [-0.2, -0.15) is 0 Å². The highest BCUT2D eigenvalue weighted by atomic mass is 32.2. The number of carbonyl (C=O) groups is 2. The van der Waals surface area contributed by atoms with Crippen LogP contribution in [0.1, 0.15) is 25.3 Å². The number of carbonyl (C=O) groups excluding carboxylic acids is 2. The fourth-order valence-electron chi connectivity index (χ4n) is 3.30. The fraction of sp³-hybridized carbons (Fsp3) is 0.409. The van der Waals surface area contributed by atoms with E-state index in [1.54, 1.807) is 4.90 Å².